The van der Waals surface area contributed by atoms with Crippen LogP contribution in [0.25, 0.3) is 0 Å². The van der Waals surface area contributed by atoms with E-state index in [9.17, 15) is 5.11 Å². The van der Waals surface area contributed by atoms with Crippen molar-refractivity contribution in [1.29, 1.82) is 0 Å². The Morgan fingerprint density at radius 2 is 2.14 bits per heavy atom. The van der Waals surface area contributed by atoms with Crippen LogP contribution in [0.4, 0.5) is 0 Å². The van der Waals surface area contributed by atoms with Crippen LogP contribution in [0.2, 0.25) is 0 Å². The van der Waals surface area contributed by atoms with E-state index in [0.29, 0.717) is 0 Å². The smallest absolute Gasteiger partial charge is 0.0969 e. The minimum absolute atomic E-state index is 0.388. The van der Waals surface area contributed by atoms with Crippen LogP contribution in [0.1, 0.15) is 30.9 Å². The van der Waals surface area contributed by atoms with E-state index in [-0.39, 0.29) is 5.54 Å². The number of hydrogen-bond acceptors (Lipinski definition) is 2. The first kappa shape index (κ1) is 10.1. The second-order valence-electron chi connectivity index (χ2n) is 4.04. The fourth-order valence-corrected chi connectivity index (χ4v) is 2.28. The van der Waals surface area contributed by atoms with Crippen molar-refractivity contribution in [3.8, 4) is 0 Å². The van der Waals surface area contributed by atoms with Crippen molar-refractivity contribution in [3.63, 3.8) is 0 Å². The summed E-state index contributed by atoms with van der Waals surface area (Å²) in [5, 5.41) is 10.1. The standard InChI is InChI=1S/C11H14BrNO/c12-9-4-1-3-8(7-9)10(14)11(13)5-2-6-11/h1,3-4,7,10,14H,2,5-6,13H2. The van der Waals surface area contributed by atoms with Crippen molar-refractivity contribution >= 4 is 15.9 Å². The van der Waals surface area contributed by atoms with Crippen LogP contribution in [0, 0.1) is 0 Å². The van der Waals surface area contributed by atoms with Gasteiger partial charge in [0.15, 0.2) is 0 Å². The maximum absolute atomic E-state index is 10.1. The molecule has 3 N–H and O–H groups in total. The third-order valence-corrected chi connectivity index (χ3v) is 3.49. The highest BCUT2D eigenvalue weighted by Crippen LogP contribution is 2.40. The van der Waals surface area contributed by atoms with Crippen LogP contribution in [0.5, 0.6) is 0 Å². The molecule has 14 heavy (non-hydrogen) atoms. The van der Waals surface area contributed by atoms with Gasteiger partial charge in [0.25, 0.3) is 0 Å². The lowest BCUT2D eigenvalue weighted by atomic mass is 9.72. The molecule has 1 saturated carbocycles. The monoisotopic (exact) mass is 255 g/mol. The molecule has 0 radical (unpaired) electrons. The number of hydrogen-bond donors (Lipinski definition) is 2. The van der Waals surface area contributed by atoms with E-state index in [1.807, 2.05) is 24.3 Å². The van der Waals surface area contributed by atoms with Crippen LogP contribution in [-0.2, 0) is 0 Å². The van der Waals surface area contributed by atoms with Gasteiger partial charge in [-0.05, 0) is 37.0 Å². The van der Waals surface area contributed by atoms with Gasteiger partial charge in [-0.3, -0.25) is 0 Å². The minimum Gasteiger partial charge on any atom is -0.386 e. The Bertz CT molecular complexity index is 336. The molecule has 0 amide bonds. The zero-order valence-electron chi connectivity index (χ0n) is 7.91. The highest BCUT2D eigenvalue weighted by atomic mass is 79.9. The summed E-state index contributed by atoms with van der Waals surface area (Å²) >= 11 is 3.39. The molecule has 0 aromatic heterocycles. The number of aliphatic hydroxyl groups is 1. The molecule has 1 fully saturated rings. The Morgan fingerprint density at radius 3 is 2.64 bits per heavy atom. The number of aliphatic hydroxyl groups excluding tert-OH is 1. The Kier molecular flexibility index (Phi) is 2.64. The van der Waals surface area contributed by atoms with Crippen LogP contribution in [0.15, 0.2) is 28.7 Å². The zero-order chi connectivity index (χ0) is 10.2. The molecule has 1 unspecified atom stereocenters. The summed E-state index contributed by atoms with van der Waals surface area (Å²) < 4.78 is 0.983. The first-order chi connectivity index (χ1) is 6.62. The molecule has 1 aliphatic rings. The summed E-state index contributed by atoms with van der Waals surface area (Å²) in [7, 11) is 0. The van der Waals surface area contributed by atoms with Crippen molar-refractivity contribution in [3.05, 3.63) is 34.3 Å². The maximum Gasteiger partial charge on any atom is 0.0969 e. The van der Waals surface area contributed by atoms with E-state index in [1.165, 1.54) is 0 Å². The predicted octanol–water partition coefficient (Wildman–Crippen LogP) is 2.36. The molecule has 0 heterocycles. The van der Waals surface area contributed by atoms with E-state index in [4.69, 9.17) is 5.73 Å². The summed E-state index contributed by atoms with van der Waals surface area (Å²) in [4.78, 5) is 0. The number of halogens is 1. The Morgan fingerprint density at radius 1 is 1.43 bits per heavy atom. The minimum atomic E-state index is -0.534. The molecular weight excluding hydrogens is 242 g/mol. The van der Waals surface area contributed by atoms with Crippen molar-refractivity contribution in [2.75, 3.05) is 0 Å². The Balaban J connectivity index is 2.22. The van der Waals surface area contributed by atoms with Gasteiger partial charge in [0.2, 0.25) is 0 Å². The summed E-state index contributed by atoms with van der Waals surface area (Å²) in [6.07, 6.45) is 2.43. The second kappa shape index (κ2) is 3.65. The second-order valence-corrected chi connectivity index (χ2v) is 4.96. The normalized spacial score (nSPS) is 21.4. The molecule has 0 aliphatic heterocycles. The lowest BCUT2D eigenvalue weighted by Gasteiger charge is -2.42. The van der Waals surface area contributed by atoms with Gasteiger partial charge in [0.05, 0.1) is 6.10 Å². The molecule has 2 rings (SSSR count). The molecule has 1 aromatic rings. The molecular formula is C11H14BrNO. The van der Waals surface area contributed by atoms with Gasteiger partial charge >= 0.3 is 0 Å². The van der Waals surface area contributed by atoms with E-state index in [2.05, 4.69) is 15.9 Å². The third kappa shape index (κ3) is 1.72. The van der Waals surface area contributed by atoms with E-state index in [0.717, 1.165) is 29.3 Å². The molecule has 1 atom stereocenters. The zero-order valence-corrected chi connectivity index (χ0v) is 9.50. The average Bonchev–Trinajstić information content (AvgIpc) is 2.13. The van der Waals surface area contributed by atoms with Crippen molar-refractivity contribution in [2.24, 2.45) is 5.73 Å². The summed E-state index contributed by atoms with van der Waals surface area (Å²) in [5.41, 5.74) is 6.58. The Hall–Kier alpha value is -0.380. The SMILES string of the molecule is NC1(C(O)c2cccc(Br)c2)CCC1. The molecule has 3 heteroatoms. The van der Waals surface area contributed by atoms with E-state index in [1.54, 1.807) is 0 Å². The molecule has 0 spiro atoms. The highest BCUT2D eigenvalue weighted by Gasteiger charge is 2.40. The molecule has 76 valence electrons. The van der Waals surface area contributed by atoms with Crippen molar-refractivity contribution in [2.45, 2.75) is 30.9 Å². The van der Waals surface area contributed by atoms with Crippen LogP contribution >= 0.6 is 15.9 Å². The largest absolute Gasteiger partial charge is 0.386 e. The molecule has 0 saturated heterocycles. The number of nitrogens with two attached hydrogens (primary N) is 1. The number of rotatable bonds is 2. The molecule has 1 aliphatic carbocycles. The number of benzene rings is 1. The Labute approximate surface area is 92.3 Å². The lowest BCUT2D eigenvalue weighted by molar-refractivity contribution is 0.0337. The van der Waals surface area contributed by atoms with Gasteiger partial charge in [0.1, 0.15) is 0 Å². The summed E-state index contributed by atoms with van der Waals surface area (Å²) in [5.74, 6) is 0. The van der Waals surface area contributed by atoms with Crippen molar-refractivity contribution in [1.82, 2.24) is 0 Å². The van der Waals surface area contributed by atoms with E-state index < -0.39 is 6.10 Å². The van der Waals surface area contributed by atoms with Gasteiger partial charge in [-0.2, -0.15) is 0 Å². The van der Waals surface area contributed by atoms with Gasteiger partial charge in [-0.15, -0.1) is 0 Å². The topological polar surface area (TPSA) is 46.2 Å². The van der Waals surface area contributed by atoms with Crippen LogP contribution in [0.3, 0.4) is 0 Å². The van der Waals surface area contributed by atoms with Crippen LogP contribution in [-0.4, -0.2) is 10.6 Å². The average molecular weight is 256 g/mol. The summed E-state index contributed by atoms with van der Waals surface area (Å²) in [6, 6.07) is 7.71. The first-order valence-electron chi connectivity index (χ1n) is 4.84. The lowest BCUT2D eigenvalue weighted by Crippen LogP contribution is -2.51. The van der Waals surface area contributed by atoms with Gasteiger partial charge in [-0.1, -0.05) is 28.1 Å². The van der Waals surface area contributed by atoms with Crippen LogP contribution < -0.4 is 5.73 Å². The third-order valence-electron chi connectivity index (χ3n) is 2.99. The highest BCUT2D eigenvalue weighted by molar-refractivity contribution is 9.10. The molecule has 2 nitrogen and oxygen atoms in total. The maximum atomic E-state index is 10.1. The fourth-order valence-electron chi connectivity index (χ4n) is 1.87. The van der Waals surface area contributed by atoms with E-state index >= 15 is 0 Å². The molecule has 0 bridgehead atoms. The summed E-state index contributed by atoms with van der Waals surface area (Å²) in [6.45, 7) is 0. The van der Waals surface area contributed by atoms with Gasteiger partial charge in [-0.25, -0.2) is 0 Å². The first-order valence-corrected chi connectivity index (χ1v) is 5.63. The van der Waals surface area contributed by atoms with Gasteiger partial charge < -0.3 is 10.8 Å². The molecule has 1 aromatic carbocycles. The quantitative estimate of drug-likeness (QED) is 0.853. The predicted molar refractivity (Wildman–Crippen MR) is 59.9 cm³/mol. The van der Waals surface area contributed by atoms with Crippen molar-refractivity contribution < 1.29 is 5.11 Å². The van der Waals surface area contributed by atoms with Gasteiger partial charge in [0, 0.05) is 10.0 Å². The fraction of sp³-hybridized carbons (Fsp3) is 0.455.